The molecule has 0 bridgehead atoms. The second-order valence-electron chi connectivity index (χ2n) is 5.52. The molecule has 1 amide bonds. The molecular formula is C17H20N4O2. The standard InChI is InChI=1S/C17H20N4O2/c18-17(19)21-10-8-20(9-11-21)16(22)12-23-15-7-3-5-13-4-1-2-6-14(13)15/h1-7H,8-12H2,(H3,18,19). The van der Waals surface area contributed by atoms with Gasteiger partial charge in [0.25, 0.3) is 5.91 Å². The van der Waals surface area contributed by atoms with Gasteiger partial charge in [0, 0.05) is 31.6 Å². The number of rotatable bonds is 3. The predicted octanol–water partition coefficient (Wildman–Crippen LogP) is 1.26. The monoisotopic (exact) mass is 312 g/mol. The van der Waals surface area contributed by atoms with E-state index in [0.717, 1.165) is 16.5 Å². The van der Waals surface area contributed by atoms with Gasteiger partial charge in [-0.25, -0.2) is 0 Å². The first-order valence-corrected chi connectivity index (χ1v) is 7.62. The van der Waals surface area contributed by atoms with E-state index in [9.17, 15) is 4.79 Å². The van der Waals surface area contributed by atoms with E-state index in [2.05, 4.69) is 0 Å². The summed E-state index contributed by atoms with van der Waals surface area (Å²) in [5, 5.41) is 9.50. The Kier molecular flexibility index (Phi) is 4.32. The highest BCUT2D eigenvalue weighted by atomic mass is 16.5. The largest absolute Gasteiger partial charge is 0.483 e. The Morgan fingerprint density at radius 3 is 2.43 bits per heavy atom. The molecule has 23 heavy (non-hydrogen) atoms. The Morgan fingerprint density at radius 2 is 1.70 bits per heavy atom. The number of amides is 1. The summed E-state index contributed by atoms with van der Waals surface area (Å²) in [6.45, 7) is 2.34. The van der Waals surface area contributed by atoms with E-state index < -0.39 is 0 Å². The average molecular weight is 312 g/mol. The molecule has 1 aliphatic heterocycles. The molecule has 0 atom stereocenters. The number of benzene rings is 2. The van der Waals surface area contributed by atoms with Gasteiger partial charge in [-0.1, -0.05) is 36.4 Å². The van der Waals surface area contributed by atoms with E-state index in [1.54, 1.807) is 9.80 Å². The van der Waals surface area contributed by atoms with Crippen LogP contribution < -0.4 is 10.5 Å². The minimum atomic E-state index is -0.0406. The summed E-state index contributed by atoms with van der Waals surface area (Å²) in [5.41, 5.74) is 5.46. The molecule has 3 rings (SSSR count). The third kappa shape index (κ3) is 3.36. The van der Waals surface area contributed by atoms with Gasteiger partial charge in [0.2, 0.25) is 0 Å². The van der Waals surface area contributed by atoms with Crippen molar-refractivity contribution in [3.8, 4) is 5.75 Å². The summed E-state index contributed by atoms with van der Waals surface area (Å²) in [6, 6.07) is 13.8. The SMILES string of the molecule is N=C(N)N1CCN(C(=O)COc2cccc3ccccc23)CC1. The van der Waals surface area contributed by atoms with Gasteiger partial charge < -0.3 is 20.3 Å². The number of hydrogen-bond donors (Lipinski definition) is 2. The van der Waals surface area contributed by atoms with Crippen molar-refractivity contribution in [2.75, 3.05) is 32.8 Å². The number of nitrogens with zero attached hydrogens (tertiary/aromatic N) is 2. The number of guanidine groups is 1. The molecule has 6 nitrogen and oxygen atoms in total. The molecule has 2 aromatic rings. The lowest BCUT2D eigenvalue weighted by molar-refractivity contribution is -0.134. The molecular weight excluding hydrogens is 292 g/mol. The molecule has 0 spiro atoms. The third-order valence-corrected chi connectivity index (χ3v) is 4.07. The van der Waals surface area contributed by atoms with E-state index in [4.69, 9.17) is 15.9 Å². The summed E-state index contributed by atoms with van der Waals surface area (Å²) >= 11 is 0. The lowest BCUT2D eigenvalue weighted by Gasteiger charge is -2.34. The first-order chi connectivity index (χ1) is 11.1. The molecule has 0 saturated carbocycles. The molecule has 0 aromatic heterocycles. The van der Waals surface area contributed by atoms with Gasteiger partial charge in [0.05, 0.1) is 0 Å². The fourth-order valence-corrected chi connectivity index (χ4v) is 2.75. The summed E-state index contributed by atoms with van der Waals surface area (Å²) in [4.78, 5) is 15.8. The fourth-order valence-electron chi connectivity index (χ4n) is 2.75. The lowest BCUT2D eigenvalue weighted by Crippen LogP contribution is -2.53. The quantitative estimate of drug-likeness (QED) is 0.660. The van der Waals surface area contributed by atoms with Gasteiger partial charge in [-0.3, -0.25) is 10.2 Å². The van der Waals surface area contributed by atoms with Gasteiger partial charge >= 0.3 is 0 Å². The number of carbonyl (C=O) groups excluding carboxylic acids is 1. The maximum absolute atomic E-state index is 12.3. The smallest absolute Gasteiger partial charge is 0.260 e. The highest BCUT2D eigenvalue weighted by molar-refractivity contribution is 5.88. The molecule has 1 aliphatic rings. The number of carbonyl (C=O) groups is 1. The molecule has 0 radical (unpaired) electrons. The fraction of sp³-hybridized carbons (Fsp3) is 0.294. The Labute approximate surface area is 134 Å². The van der Waals surface area contributed by atoms with Gasteiger partial charge in [0.15, 0.2) is 12.6 Å². The van der Waals surface area contributed by atoms with Gasteiger partial charge in [-0.2, -0.15) is 0 Å². The molecule has 0 unspecified atom stereocenters. The van der Waals surface area contributed by atoms with Crippen molar-refractivity contribution in [1.29, 1.82) is 5.41 Å². The second-order valence-corrected chi connectivity index (χ2v) is 5.52. The maximum Gasteiger partial charge on any atom is 0.260 e. The topological polar surface area (TPSA) is 82.7 Å². The zero-order chi connectivity index (χ0) is 16.2. The van der Waals surface area contributed by atoms with Crippen LogP contribution in [0.3, 0.4) is 0 Å². The van der Waals surface area contributed by atoms with E-state index in [1.807, 2.05) is 42.5 Å². The Bertz CT molecular complexity index is 718. The van der Waals surface area contributed by atoms with Crippen molar-refractivity contribution in [1.82, 2.24) is 9.80 Å². The number of hydrogen-bond acceptors (Lipinski definition) is 3. The molecule has 1 saturated heterocycles. The number of nitrogens with one attached hydrogen (secondary N) is 1. The molecule has 0 aliphatic carbocycles. The molecule has 2 aromatic carbocycles. The normalized spacial score (nSPS) is 14.8. The van der Waals surface area contributed by atoms with Gasteiger partial charge in [-0.15, -0.1) is 0 Å². The Hall–Kier alpha value is -2.76. The third-order valence-electron chi connectivity index (χ3n) is 4.07. The summed E-state index contributed by atoms with van der Waals surface area (Å²) in [6.07, 6.45) is 0. The van der Waals surface area contributed by atoms with Crippen molar-refractivity contribution in [3.63, 3.8) is 0 Å². The molecule has 1 fully saturated rings. The molecule has 1 heterocycles. The van der Waals surface area contributed by atoms with Crippen molar-refractivity contribution < 1.29 is 9.53 Å². The first kappa shape index (κ1) is 15.1. The van der Waals surface area contributed by atoms with Gasteiger partial charge in [0.1, 0.15) is 5.75 Å². The Morgan fingerprint density at radius 1 is 1.04 bits per heavy atom. The van der Waals surface area contributed by atoms with E-state index >= 15 is 0 Å². The van der Waals surface area contributed by atoms with E-state index in [0.29, 0.717) is 26.2 Å². The van der Waals surface area contributed by atoms with Crippen LogP contribution in [0, 0.1) is 5.41 Å². The van der Waals surface area contributed by atoms with Crippen molar-refractivity contribution in [3.05, 3.63) is 42.5 Å². The number of piperazine rings is 1. The Balaban J connectivity index is 1.60. The maximum atomic E-state index is 12.3. The van der Waals surface area contributed by atoms with Crippen LogP contribution in [0.5, 0.6) is 5.75 Å². The summed E-state index contributed by atoms with van der Waals surface area (Å²) < 4.78 is 5.74. The average Bonchev–Trinajstić information content (AvgIpc) is 2.59. The van der Waals surface area contributed by atoms with Crippen molar-refractivity contribution >= 4 is 22.6 Å². The summed E-state index contributed by atoms with van der Waals surface area (Å²) in [5.74, 6) is 0.740. The van der Waals surface area contributed by atoms with Crippen LogP contribution >= 0.6 is 0 Å². The van der Waals surface area contributed by atoms with Crippen LogP contribution in [-0.4, -0.2) is 54.5 Å². The van der Waals surface area contributed by atoms with Gasteiger partial charge in [-0.05, 0) is 11.5 Å². The van der Waals surface area contributed by atoms with Crippen LogP contribution in [0.1, 0.15) is 0 Å². The highest BCUT2D eigenvalue weighted by Crippen LogP contribution is 2.25. The van der Waals surface area contributed by atoms with Crippen LogP contribution in [0.2, 0.25) is 0 Å². The van der Waals surface area contributed by atoms with Crippen LogP contribution in [0.15, 0.2) is 42.5 Å². The van der Waals surface area contributed by atoms with E-state index in [-0.39, 0.29) is 18.5 Å². The lowest BCUT2D eigenvalue weighted by atomic mass is 10.1. The van der Waals surface area contributed by atoms with Crippen LogP contribution in [-0.2, 0) is 4.79 Å². The van der Waals surface area contributed by atoms with Crippen molar-refractivity contribution in [2.45, 2.75) is 0 Å². The zero-order valence-electron chi connectivity index (χ0n) is 12.9. The minimum Gasteiger partial charge on any atom is -0.483 e. The number of ether oxygens (including phenoxy) is 1. The second kappa shape index (κ2) is 6.56. The molecule has 6 heteroatoms. The van der Waals surface area contributed by atoms with Crippen LogP contribution in [0.25, 0.3) is 10.8 Å². The zero-order valence-corrected chi connectivity index (χ0v) is 12.9. The minimum absolute atomic E-state index is 0.0219. The number of nitrogens with two attached hydrogens (primary N) is 1. The van der Waals surface area contributed by atoms with Crippen LogP contribution in [0.4, 0.5) is 0 Å². The summed E-state index contributed by atoms with van der Waals surface area (Å²) in [7, 11) is 0. The predicted molar refractivity (Wildman–Crippen MR) is 89.5 cm³/mol. The molecule has 120 valence electrons. The number of fused-ring (bicyclic) bond motifs is 1. The highest BCUT2D eigenvalue weighted by Gasteiger charge is 2.22. The first-order valence-electron chi connectivity index (χ1n) is 7.62. The van der Waals surface area contributed by atoms with Crippen molar-refractivity contribution in [2.24, 2.45) is 5.73 Å². The van der Waals surface area contributed by atoms with E-state index in [1.165, 1.54) is 0 Å². The molecule has 3 N–H and O–H groups in total.